The van der Waals surface area contributed by atoms with Crippen LogP contribution in [0.2, 0.25) is 0 Å². The second-order valence-electron chi connectivity index (χ2n) is 0.530. The predicted octanol–water partition coefficient (Wildman–Crippen LogP) is -2.27. The van der Waals surface area contributed by atoms with E-state index in [1.54, 1.807) is 0 Å². The number of hydrogen-bond donors (Lipinski definition) is 1. The zero-order chi connectivity index (χ0) is 4.28. The van der Waals surface area contributed by atoms with Crippen LogP contribution in [0.25, 0.3) is 0 Å². The molecule has 4 heteroatoms. The summed E-state index contributed by atoms with van der Waals surface area (Å²) >= 11 is 0. The van der Waals surface area contributed by atoms with Gasteiger partial charge in [0.2, 0.25) is 0 Å². The van der Waals surface area contributed by atoms with Crippen molar-refractivity contribution in [3.05, 3.63) is 0 Å². The van der Waals surface area contributed by atoms with Gasteiger partial charge in [-0.2, -0.15) is 0 Å². The third kappa shape index (κ3) is 9.06. The first-order valence-corrected chi connectivity index (χ1v) is 1.08. The van der Waals surface area contributed by atoms with Crippen molar-refractivity contribution in [3.63, 3.8) is 0 Å². The van der Waals surface area contributed by atoms with E-state index in [0.29, 0.717) is 0 Å². The fraction of sp³-hybridized carbons (Fsp3) is 0.500. The molecule has 0 heterocycles. The van der Waals surface area contributed by atoms with Crippen molar-refractivity contribution in [3.8, 4) is 0 Å². The molecule has 0 bridgehead atoms. The largest absolute Gasteiger partial charge is 2.00 e. The summed E-state index contributed by atoms with van der Waals surface area (Å²) in [5.74, 6) is -1.44. The van der Waals surface area contributed by atoms with E-state index in [1.165, 1.54) is 0 Å². The number of aliphatic hydroxyl groups is 1. The minimum Gasteiger partial charge on any atom is -0.548 e. The predicted molar refractivity (Wildman–Crippen MR) is 12.1 cm³/mol. The smallest absolute Gasteiger partial charge is 0.548 e. The van der Waals surface area contributed by atoms with E-state index in [-0.39, 0.29) is 16.5 Å². The fourth-order valence-corrected chi connectivity index (χ4v) is 0. The van der Waals surface area contributed by atoms with Gasteiger partial charge in [-0.3, -0.25) is 0 Å². The van der Waals surface area contributed by atoms with Crippen molar-refractivity contribution in [1.29, 1.82) is 0 Å². The Morgan fingerprint density at radius 2 is 2.00 bits per heavy atom. The van der Waals surface area contributed by atoms with E-state index in [1.807, 2.05) is 0 Å². The SMILES string of the molecule is O=C([O-])CO.[Ni+2]. The first-order valence-electron chi connectivity index (χ1n) is 1.08. The molecule has 0 amide bonds. The van der Waals surface area contributed by atoms with E-state index < -0.39 is 12.6 Å². The summed E-state index contributed by atoms with van der Waals surface area (Å²) in [4.78, 5) is 9.01. The summed E-state index contributed by atoms with van der Waals surface area (Å²) in [7, 11) is 0. The van der Waals surface area contributed by atoms with Gasteiger partial charge in [0.25, 0.3) is 0 Å². The Morgan fingerprint density at radius 1 is 1.83 bits per heavy atom. The van der Waals surface area contributed by atoms with Crippen LogP contribution in [0.5, 0.6) is 0 Å². The molecule has 0 aliphatic carbocycles. The number of carboxylic acids is 1. The van der Waals surface area contributed by atoms with Crippen LogP contribution in [0.3, 0.4) is 0 Å². The number of carbonyl (C=O) groups excluding carboxylic acids is 1. The summed E-state index contributed by atoms with van der Waals surface area (Å²) in [5.41, 5.74) is 0. The second kappa shape index (κ2) is 4.92. The van der Waals surface area contributed by atoms with Crippen LogP contribution in [-0.4, -0.2) is 17.7 Å². The minimum atomic E-state index is -1.44. The number of rotatable bonds is 1. The van der Waals surface area contributed by atoms with E-state index >= 15 is 0 Å². The Hall–Kier alpha value is -0.0765. The molecule has 0 saturated carbocycles. The molecule has 0 saturated heterocycles. The van der Waals surface area contributed by atoms with Gasteiger partial charge in [0.1, 0.15) is 0 Å². The van der Waals surface area contributed by atoms with Gasteiger partial charge in [-0.15, -0.1) is 0 Å². The van der Waals surface area contributed by atoms with Crippen LogP contribution in [0, 0.1) is 0 Å². The van der Waals surface area contributed by atoms with Crippen LogP contribution >= 0.6 is 0 Å². The maximum Gasteiger partial charge on any atom is 2.00 e. The molecule has 0 aromatic carbocycles. The monoisotopic (exact) mass is 133 g/mol. The van der Waals surface area contributed by atoms with Crippen LogP contribution in [0.1, 0.15) is 0 Å². The molecule has 0 radical (unpaired) electrons. The van der Waals surface area contributed by atoms with Gasteiger partial charge in [0.05, 0.1) is 12.6 Å². The third-order valence-electron chi connectivity index (χ3n) is 0.129. The van der Waals surface area contributed by atoms with Crippen LogP contribution in [0.4, 0.5) is 0 Å². The number of aliphatic carboxylic acids is 1. The van der Waals surface area contributed by atoms with Gasteiger partial charge in [-0.05, 0) is 0 Å². The average Bonchev–Trinajstić information content (AvgIpc) is 1.38. The molecule has 0 spiro atoms. The van der Waals surface area contributed by atoms with Gasteiger partial charge in [-0.25, -0.2) is 0 Å². The molecule has 0 aliphatic rings. The Balaban J connectivity index is 0. The molecule has 38 valence electrons. The van der Waals surface area contributed by atoms with Crippen molar-refractivity contribution in [2.75, 3.05) is 6.61 Å². The van der Waals surface area contributed by atoms with Gasteiger partial charge in [0, 0.05) is 0 Å². The van der Waals surface area contributed by atoms with Gasteiger partial charge in [0.15, 0.2) is 0 Å². The van der Waals surface area contributed by atoms with E-state index in [4.69, 9.17) is 15.0 Å². The molecule has 0 fully saturated rings. The Bertz CT molecular complexity index is 44.1. The molecular weight excluding hydrogens is 131 g/mol. The topological polar surface area (TPSA) is 60.4 Å². The first kappa shape index (κ1) is 9.33. The normalized spacial score (nSPS) is 6.17. The van der Waals surface area contributed by atoms with Crippen molar-refractivity contribution < 1.29 is 31.5 Å². The zero-order valence-corrected chi connectivity index (χ0v) is 3.77. The molecule has 0 aromatic rings. The Kier molecular flexibility index (Phi) is 7.65. The maximum atomic E-state index is 9.01. The van der Waals surface area contributed by atoms with Gasteiger partial charge >= 0.3 is 16.5 Å². The van der Waals surface area contributed by atoms with E-state index in [0.717, 1.165) is 0 Å². The summed E-state index contributed by atoms with van der Waals surface area (Å²) in [6.45, 7) is -0.889. The molecule has 6 heavy (non-hydrogen) atoms. The summed E-state index contributed by atoms with van der Waals surface area (Å²) < 4.78 is 0. The van der Waals surface area contributed by atoms with Crippen molar-refractivity contribution in [1.82, 2.24) is 0 Å². The standard InChI is InChI=1S/C2H4O3.Ni/c3-1-2(4)5;/h3H,1H2,(H,4,5);/q;+2/p-1. The molecule has 3 nitrogen and oxygen atoms in total. The van der Waals surface area contributed by atoms with E-state index in [9.17, 15) is 0 Å². The molecule has 0 unspecified atom stereocenters. The molecule has 0 aromatic heterocycles. The Morgan fingerprint density at radius 3 is 2.00 bits per heavy atom. The summed E-state index contributed by atoms with van der Waals surface area (Å²) in [6.07, 6.45) is 0. The van der Waals surface area contributed by atoms with Crippen molar-refractivity contribution >= 4 is 5.97 Å². The number of hydrogen-bond acceptors (Lipinski definition) is 3. The molecule has 1 N–H and O–H groups in total. The van der Waals surface area contributed by atoms with Gasteiger partial charge < -0.3 is 15.0 Å². The molecule has 0 atom stereocenters. The summed E-state index contributed by atoms with van der Waals surface area (Å²) in [6, 6.07) is 0. The van der Waals surface area contributed by atoms with Crippen LogP contribution < -0.4 is 5.11 Å². The fourth-order valence-electron chi connectivity index (χ4n) is 0. The average molecular weight is 134 g/mol. The number of carbonyl (C=O) groups is 1. The minimum absolute atomic E-state index is 0. The van der Waals surface area contributed by atoms with Crippen LogP contribution in [0.15, 0.2) is 0 Å². The zero-order valence-electron chi connectivity index (χ0n) is 2.79. The van der Waals surface area contributed by atoms with Crippen LogP contribution in [-0.2, 0) is 21.3 Å². The number of carboxylic acid groups (broad SMARTS) is 1. The molecular formula is C2H3NiO3+. The summed E-state index contributed by atoms with van der Waals surface area (Å²) in [5, 5.41) is 16.5. The molecule has 0 rings (SSSR count). The second-order valence-corrected chi connectivity index (χ2v) is 0.530. The van der Waals surface area contributed by atoms with Crippen molar-refractivity contribution in [2.24, 2.45) is 0 Å². The first-order chi connectivity index (χ1) is 2.27. The maximum absolute atomic E-state index is 9.01. The van der Waals surface area contributed by atoms with Gasteiger partial charge in [-0.1, -0.05) is 0 Å². The van der Waals surface area contributed by atoms with E-state index in [2.05, 4.69) is 0 Å². The number of aliphatic hydroxyl groups excluding tert-OH is 1. The quantitative estimate of drug-likeness (QED) is 0.411. The molecule has 0 aliphatic heterocycles. The Labute approximate surface area is 44.9 Å². The third-order valence-corrected chi connectivity index (χ3v) is 0.129. The van der Waals surface area contributed by atoms with Crippen molar-refractivity contribution in [2.45, 2.75) is 0 Å².